The topological polar surface area (TPSA) is 71.5 Å². The summed E-state index contributed by atoms with van der Waals surface area (Å²) in [4.78, 5) is 0. The van der Waals surface area contributed by atoms with E-state index in [1.165, 1.54) is 0 Å². The molecule has 1 heterocycles. The molecule has 1 aliphatic heterocycles. The molecule has 0 amide bonds. The van der Waals surface area contributed by atoms with Crippen molar-refractivity contribution in [3.8, 4) is 0 Å². The van der Waals surface area contributed by atoms with E-state index in [4.69, 9.17) is 0 Å². The molecule has 0 bridgehead atoms. The Balaban J connectivity index is 2.16. The van der Waals surface area contributed by atoms with Gasteiger partial charge in [0.15, 0.2) is 9.84 Å². The van der Waals surface area contributed by atoms with Gasteiger partial charge in [-0.15, -0.1) is 0 Å². The minimum atomic E-state index is -3.80. The Morgan fingerprint density at radius 3 is 2.19 bits per heavy atom. The van der Waals surface area contributed by atoms with Gasteiger partial charge in [-0.3, -0.25) is 0 Å². The zero-order valence-corrected chi connectivity index (χ0v) is 12.9. The first-order chi connectivity index (χ1) is 9.58. The Kier molecular flexibility index (Phi) is 4.36. The van der Waals surface area contributed by atoms with E-state index in [0.717, 1.165) is 22.7 Å². The summed E-state index contributed by atoms with van der Waals surface area (Å²) in [5, 5.41) is -0.725. The van der Waals surface area contributed by atoms with Crippen LogP contribution in [0.25, 0.3) is 0 Å². The molecule has 1 fully saturated rings. The van der Waals surface area contributed by atoms with Gasteiger partial charge in [0.05, 0.1) is 11.0 Å². The zero-order chi connectivity index (χ0) is 15.8. The summed E-state index contributed by atoms with van der Waals surface area (Å²) in [7, 11) is -7.11. The number of benzene rings is 1. The van der Waals surface area contributed by atoms with Gasteiger partial charge in [0.1, 0.15) is 11.6 Å². The highest BCUT2D eigenvalue weighted by Gasteiger charge is 2.36. The molecular formula is C12H15F2NO4S2. The maximum absolute atomic E-state index is 13.1. The molecule has 1 aromatic carbocycles. The molecule has 5 nitrogen and oxygen atoms in total. The highest BCUT2D eigenvalue weighted by molar-refractivity contribution is 7.91. The third-order valence-corrected chi connectivity index (χ3v) is 6.79. The highest BCUT2D eigenvalue weighted by Crippen LogP contribution is 2.22. The number of halogens is 2. The third kappa shape index (κ3) is 3.98. The summed E-state index contributed by atoms with van der Waals surface area (Å²) in [6.07, 6.45) is 1.30. The number of hydrogen-bond acceptors (Lipinski definition) is 4. The summed E-state index contributed by atoms with van der Waals surface area (Å²) in [6, 6.07) is 2.56. The van der Waals surface area contributed by atoms with Crippen LogP contribution in [0.2, 0.25) is 0 Å². The molecule has 0 aliphatic carbocycles. The lowest BCUT2D eigenvalue weighted by Crippen LogP contribution is -2.32. The van der Waals surface area contributed by atoms with E-state index in [2.05, 4.69) is 0 Å². The lowest BCUT2D eigenvalue weighted by Gasteiger charge is -2.16. The van der Waals surface area contributed by atoms with Gasteiger partial charge >= 0.3 is 0 Å². The first-order valence-electron chi connectivity index (χ1n) is 6.19. The summed E-state index contributed by atoms with van der Waals surface area (Å²) in [5.74, 6) is -2.26. The average Bonchev–Trinajstić information content (AvgIpc) is 2.75. The second-order valence-electron chi connectivity index (χ2n) is 5.13. The molecule has 1 saturated heterocycles. The lowest BCUT2D eigenvalue weighted by atomic mass is 10.2. The van der Waals surface area contributed by atoms with E-state index < -0.39 is 42.5 Å². The van der Waals surface area contributed by atoms with Crippen LogP contribution in [0.3, 0.4) is 0 Å². The molecule has 2 rings (SSSR count). The lowest BCUT2D eigenvalue weighted by molar-refractivity contribution is 0.475. The number of sulfone groups is 1. The molecule has 118 valence electrons. The van der Waals surface area contributed by atoms with Gasteiger partial charge in [0, 0.05) is 25.4 Å². The number of sulfonamides is 1. The predicted octanol–water partition coefficient (Wildman–Crippen LogP) is 0.914. The van der Waals surface area contributed by atoms with E-state index in [9.17, 15) is 25.6 Å². The first kappa shape index (κ1) is 16.3. The van der Waals surface area contributed by atoms with Crippen molar-refractivity contribution >= 4 is 19.9 Å². The normalized spacial score (nSPS) is 20.8. The Morgan fingerprint density at radius 1 is 1.14 bits per heavy atom. The van der Waals surface area contributed by atoms with Gasteiger partial charge in [0.2, 0.25) is 10.0 Å². The molecule has 0 spiro atoms. The largest absolute Gasteiger partial charge is 0.229 e. The van der Waals surface area contributed by atoms with Crippen LogP contribution in [0.5, 0.6) is 0 Å². The van der Waals surface area contributed by atoms with Crippen molar-refractivity contribution in [1.29, 1.82) is 0 Å². The monoisotopic (exact) mass is 339 g/mol. The fourth-order valence-electron chi connectivity index (χ4n) is 2.30. The Labute approximate surface area is 122 Å². The molecule has 9 heteroatoms. The molecule has 0 aromatic heterocycles. The molecule has 1 aromatic rings. The zero-order valence-electron chi connectivity index (χ0n) is 11.3. The van der Waals surface area contributed by atoms with E-state index in [0.29, 0.717) is 6.07 Å². The van der Waals surface area contributed by atoms with Crippen LogP contribution in [0.1, 0.15) is 12.0 Å². The van der Waals surface area contributed by atoms with Crippen molar-refractivity contribution in [2.75, 3.05) is 19.3 Å². The number of nitrogens with zero attached hydrogens (tertiary/aromatic N) is 1. The number of rotatable bonds is 4. The fourth-order valence-corrected chi connectivity index (χ4v) is 4.94. The smallest absolute Gasteiger partial charge is 0.218 e. The Bertz CT molecular complexity index is 726. The standard InChI is InChI=1S/C12H15F2NO4S2/c1-20(16,17)12-2-3-15(7-12)21(18,19)8-9-4-10(13)6-11(14)5-9/h4-6,12H,2-3,7-8H2,1H3. The number of hydrogen-bond donors (Lipinski definition) is 0. The van der Waals surface area contributed by atoms with E-state index in [-0.39, 0.29) is 25.1 Å². The minimum absolute atomic E-state index is 0.00435. The van der Waals surface area contributed by atoms with E-state index >= 15 is 0 Å². The molecule has 1 unspecified atom stereocenters. The summed E-state index contributed by atoms with van der Waals surface area (Å²) < 4.78 is 74.4. The predicted molar refractivity (Wildman–Crippen MR) is 73.8 cm³/mol. The molecule has 21 heavy (non-hydrogen) atoms. The second kappa shape index (κ2) is 5.62. The van der Waals surface area contributed by atoms with Crippen molar-refractivity contribution in [3.05, 3.63) is 35.4 Å². The SMILES string of the molecule is CS(=O)(=O)C1CCN(S(=O)(=O)Cc2cc(F)cc(F)c2)C1. The quantitative estimate of drug-likeness (QED) is 0.818. The second-order valence-corrected chi connectivity index (χ2v) is 9.43. The highest BCUT2D eigenvalue weighted by atomic mass is 32.2. The molecule has 1 atom stereocenters. The average molecular weight is 339 g/mol. The van der Waals surface area contributed by atoms with E-state index in [1.807, 2.05) is 0 Å². The molecule has 0 saturated carbocycles. The summed E-state index contributed by atoms with van der Waals surface area (Å²) in [6.45, 7) is -0.0170. The summed E-state index contributed by atoms with van der Waals surface area (Å²) in [5.41, 5.74) is -0.00435. The molecule has 0 N–H and O–H groups in total. The molecule has 1 aliphatic rings. The molecular weight excluding hydrogens is 324 g/mol. The van der Waals surface area contributed by atoms with Crippen LogP contribution in [0.15, 0.2) is 18.2 Å². The van der Waals surface area contributed by atoms with Crippen LogP contribution in [-0.4, -0.2) is 45.7 Å². The van der Waals surface area contributed by atoms with Gasteiger partial charge in [0.25, 0.3) is 0 Å². The maximum Gasteiger partial charge on any atom is 0.218 e. The van der Waals surface area contributed by atoms with Gasteiger partial charge in [-0.1, -0.05) is 0 Å². The van der Waals surface area contributed by atoms with Crippen molar-refractivity contribution in [1.82, 2.24) is 4.31 Å². The van der Waals surface area contributed by atoms with Crippen molar-refractivity contribution in [3.63, 3.8) is 0 Å². The summed E-state index contributed by atoms with van der Waals surface area (Å²) >= 11 is 0. The molecule has 0 radical (unpaired) electrons. The Morgan fingerprint density at radius 2 is 1.71 bits per heavy atom. The van der Waals surface area contributed by atoms with Gasteiger partial charge in [-0.05, 0) is 24.1 Å². The fraction of sp³-hybridized carbons (Fsp3) is 0.500. The maximum atomic E-state index is 13.1. The van der Waals surface area contributed by atoms with Crippen LogP contribution in [-0.2, 0) is 25.6 Å². The van der Waals surface area contributed by atoms with Crippen molar-refractivity contribution in [2.24, 2.45) is 0 Å². The first-order valence-corrected chi connectivity index (χ1v) is 9.76. The van der Waals surface area contributed by atoms with Gasteiger partial charge < -0.3 is 0 Å². The van der Waals surface area contributed by atoms with Crippen LogP contribution in [0.4, 0.5) is 8.78 Å². The van der Waals surface area contributed by atoms with Crippen molar-refractivity contribution in [2.45, 2.75) is 17.4 Å². The van der Waals surface area contributed by atoms with Crippen LogP contribution in [0, 0.1) is 11.6 Å². The Hall–Kier alpha value is -1.06. The van der Waals surface area contributed by atoms with Crippen LogP contribution >= 0.6 is 0 Å². The van der Waals surface area contributed by atoms with Crippen LogP contribution < -0.4 is 0 Å². The van der Waals surface area contributed by atoms with Gasteiger partial charge in [-0.25, -0.2) is 29.9 Å². The van der Waals surface area contributed by atoms with Crippen molar-refractivity contribution < 1.29 is 25.6 Å². The third-order valence-electron chi connectivity index (χ3n) is 3.38. The van der Waals surface area contributed by atoms with Gasteiger partial charge in [-0.2, -0.15) is 0 Å². The van der Waals surface area contributed by atoms with E-state index in [1.54, 1.807) is 0 Å². The minimum Gasteiger partial charge on any atom is -0.229 e.